The van der Waals surface area contributed by atoms with Crippen molar-refractivity contribution in [1.29, 1.82) is 0 Å². The highest BCUT2D eigenvalue weighted by Crippen LogP contribution is 2.28. The first-order valence-corrected chi connectivity index (χ1v) is 8.75. The molecule has 142 valence electrons. The molecule has 0 saturated heterocycles. The lowest BCUT2D eigenvalue weighted by atomic mass is 9.99. The lowest BCUT2D eigenvalue weighted by Crippen LogP contribution is -2.28. The van der Waals surface area contributed by atoms with E-state index in [4.69, 9.17) is 4.74 Å². The van der Waals surface area contributed by atoms with Crippen molar-refractivity contribution in [3.05, 3.63) is 81.7 Å². The van der Waals surface area contributed by atoms with Gasteiger partial charge in [0.2, 0.25) is 5.78 Å². The average molecular weight is 377 g/mol. The fourth-order valence-corrected chi connectivity index (χ4v) is 2.96. The summed E-state index contributed by atoms with van der Waals surface area (Å²) in [6.45, 7) is 1.69. The number of Topliss-reactive ketones (excluding diaryl/α,β-unsaturated/α-hetero) is 1. The van der Waals surface area contributed by atoms with Gasteiger partial charge in [0.15, 0.2) is 0 Å². The highest BCUT2D eigenvalue weighted by atomic mass is 16.5. The zero-order valence-electron chi connectivity index (χ0n) is 15.5. The van der Waals surface area contributed by atoms with Gasteiger partial charge in [0.05, 0.1) is 12.1 Å². The van der Waals surface area contributed by atoms with Gasteiger partial charge in [-0.15, -0.1) is 0 Å². The molecule has 0 amide bonds. The molecule has 6 nitrogen and oxygen atoms in total. The molecule has 0 spiro atoms. The quantitative estimate of drug-likeness (QED) is 0.243. The Morgan fingerprint density at radius 3 is 2.39 bits per heavy atom. The summed E-state index contributed by atoms with van der Waals surface area (Å²) in [6.07, 6.45) is 1.36. The number of nitrogens with zero attached hydrogens (tertiary/aromatic N) is 1. The standard InChI is InChI=1S/C22H19NO5/c1-3-28-22(27)16(13-14-9-5-4-6-10-14)20(25)18-19(24)15-11-7-8-12-17(15)23(2)21(18)26/h4-13,24H,3H2,1-2H3. The zero-order chi connectivity index (χ0) is 20.3. The van der Waals surface area contributed by atoms with Crippen molar-refractivity contribution in [2.24, 2.45) is 7.05 Å². The monoisotopic (exact) mass is 377 g/mol. The molecule has 0 fully saturated rings. The van der Waals surface area contributed by atoms with Crippen LogP contribution in [-0.2, 0) is 16.6 Å². The number of ketones is 1. The first-order valence-electron chi connectivity index (χ1n) is 8.75. The molecule has 1 heterocycles. The molecule has 0 atom stereocenters. The fourth-order valence-electron chi connectivity index (χ4n) is 2.96. The minimum Gasteiger partial charge on any atom is -0.506 e. The van der Waals surface area contributed by atoms with Gasteiger partial charge < -0.3 is 14.4 Å². The molecule has 1 aromatic heterocycles. The summed E-state index contributed by atoms with van der Waals surface area (Å²) in [4.78, 5) is 38.4. The van der Waals surface area contributed by atoms with Crippen molar-refractivity contribution < 1.29 is 19.4 Å². The highest BCUT2D eigenvalue weighted by Gasteiger charge is 2.28. The number of para-hydroxylation sites is 1. The number of aromatic hydroxyl groups is 1. The third kappa shape index (κ3) is 3.44. The van der Waals surface area contributed by atoms with Crippen LogP contribution in [0.4, 0.5) is 0 Å². The van der Waals surface area contributed by atoms with E-state index in [-0.39, 0.29) is 12.2 Å². The zero-order valence-corrected chi connectivity index (χ0v) is 15.5. The van der Waals surface area contributed by atoms with Gasteiger partial charge in [-0.2, -0.15) is 0 Å². The van der Waals surface area contributed by atoms with E-state index >= 15 is 0 Å². The summed E-state index contributed by atoms with van der Waals surface area (Å²) in [5.41, 5.74) is -0.404. The van der Waals surface area contributed by atoms with Crippen LogP contribution in [0, 0.1) is 0 Å². The van der Waals surface area contributed by atoms with Crippen LogP contribution >= 0.6 is 0 Å². The molecule has 0 radical (unpaired) electrons. The van der Waals surface area contributed by atoms with Crippen LogP contribution in [0.25, 0.3) is 17.0 Å². The molecule has 0 aliphatic rings. The second-order valence-corrected chi connectivity index (χ2v) is 6.12. The summed E-state index contributed by atoms with van der Waals surface area (Å²) >= 11 is 0. The van der Waals surface area contributed by atoms with E-state index in [2.05, 4.69) is 0 Å². The molecule has 0 aliphatic heterocycles. The number of carbonyl (C=O) groups is 2. The summed E-state index contributed by atoms with van der Waals surface area (Å²) in [6, 6.07) is 15.4. The summed E-state index contributed by atoms with van der Waals surface area (Å²) < 4.78 is 6.27. The lowest BCUT2D eigenvalue weighted by molar-refractivity contribution is -0.137. The van der Waals surface area contributed by atoms with Crippen LogP contribution in [0.5, 0.6) is 5.75 Å². The van der Waals surface area contributed by atoms with Gasteiger partial charge in [-0.25, -0.2) is 4.79 Å². The first kappa shape index (κ1) is 19.1. The van der Waals surface area contributed by atoms with Crippen LogP contribution in [0.1, 0.15) is 22.8 Å². The van der Waals surface area contributed by atoms with E-state index in [0.717, 1.165) is 0 Å². The molecule has 0 aliphatic carbocycles. The smallest absolute Gasteiger partial charge is 0.342 e. The van der Waals surface area contributed by atoms with Crippen LogP contribution in [0.2, 0.25) is 0 Å². The molecular weight excluding hydrogens is 358 g/mol. The number of esters is 1. The molecule has 0 bridgehead atoms. The Labute approximate surface area is 161 Å². The topological polar surface area (TPSA) is 85.6 Å². The predicted molar refractivity (Wildman–Crippen MR) is 106 cm³/mol. The van der Waals surface area contributed by atoms with E-state index in [1.807, 2.05) is 0 Å². The number of fused-ring (bicyclic) bond motifs is 1. The second kappa shape index (κ2) is 7.92. The third-order valence-corrected chi connectivity index (χ3v) is 4.35. The maximum absolute atomic E-state index is 13.2. The fraction of sp³-hybridized carbons (Fsp3) is 0.136. The molecule has 2 aromatic carbocycles. The summed E-state index contributed by atoms with van der Waals surface area (Å²) in [5.74, 6) is -2.19. The normalized spacial score (nSPS) is 11.4. The van der Waals surface area contributed by atoms with Crippen LogP contribution in [0.3, 0.4) is 0 Å². The van der Waals surface area contributed by atoms with Crippen molar-refractivity contribution in [2.75, 3.05) is 6.61 Å². The van der Waals surface area contributed by atoms with Gasteiger partial charge in [0.25, 0.3) is 5.56 Å². The minimum absolute atomic E-state index is 0.0694. The van der Waals surface area contributed by atoms with Gasteiger partial charge in [-0.3, -0.25) is 9.59 Å². The van der Waals surface area contributed by atoms with Crippen LogP contribution in [-0.4, -0.2) is 28.0 Å². The Hall–Kier alpha value is -3.67. The molecule has 3 aromatic rings. The average Bonchev–Trinajstić information content (AvgIpc) is 2.71. The Bertz CT molecular complexity index is 1140. The molecule has 28 heavy (non-hydrogen) atoms. The van der Waals surface area contributed by atoms with E-state index in [1.165, 1.54) is 17.7 Å². The molecule has 0 saturated carbocycles. The number of hydrogen-bond acceptors (Lipinski definition) is 5. The second-order valence-electron chi connectivity index (χ2n) is 6.12. The number of hydrogen-bond donors (Lipinski definition) is 1. The van der Waals surface area contributed by atoms with E-state index in [9.17, 15) is 19.5 Å². The SMILES string of the molecule is CCOC(=O)C(=Cc1ccccc1)C(=O)c1c(O)c2ccccc2n(C)c1=O. The van der Waals surface area contributed by atoms with Crippen LogP contribution < -0.4 is 5.56 Å². The van der Waals surface area contributed by atoms with Crippen molar-refractivity contribution in [2.45, 2.75) is 6.92 Å². The highest BCUT2D eigenvalue weighted by molar-refractivity contribution is 6.28. The van der Waals surface area contributed by atoms with Crippen molar-refractivity contribution in [3.63, 3.8) is 0 Å². The maximum Gasteiger partial charge on any atom is 0.342 e. The number of aromatic nitrogens is 1. The number of carbonyl (C=O) groups excluding carboxylic acids is 2. The van der Waals surface area contributed by atoms with Gasteiger partial charge in [-0.05, 0) is 30.7 Å². The number of aryl methyl sites for hydroxylation is 1. The Kier molecular flexibility index (Phi) is 5.40. The molecule has 6 heteroatoms. The Morgan fingerprint density at radius 2 is 1.71 bits per heavy atom. The maximum atomic E-state index is 13.2. The summed E-state index contributed by atoms with van der Waals surface area (Å²) in [7, 11) is 1.51. The molecule has 3 rings (SSSR count). The predicted octanol–water partition coefficient (Wildman–Crippen LogP) is 3.07. The van der Waals surface area contributed by atoms with E-state index < -0.39 is 28.6 Å². The molecular formula is C22H19NO5. The van der Waals surface area contributed by atoms with Gasteiger partial charge >= 0.3 is 5.97 Å². The number of pyridine rings is 1. The summed E-state index contributed by atoms with van der Waals surface area (Å²) in [5, 5.41) is 11.0. The number of benzene rings is 2. The number of ether oxygens (including phenoxy) is 1. The third-order valence-electron chi connectivity index (χ3n) is 4.35. The largest absolute Gasteiger partial charge is 0.506 e. The van der Waals surface area contributed by atoms with Crippen molar-refractivity contribution in [3.8, 4) is 5.75 Å². The van der Waals surface area contributed by atoms with E-state index in [1.54, 1.807) is 61.5 Å². The lowest BCUT2D eigenvalue weighted by Gasteiger charge is -2.12. The van der Waals surface area contributed by atoms with Gasteiger partial charge in [0.1, 0.15) is 16.9 Å². The van der Waals surface area contributed by atoms with Gasteiger partial charge in [-0.1, -0.05) is 42.5 Å². The Balaban J connectivity index is 2.23. The Morgan fingerprint density at radius 1 is 1.07 bits per heavy atom. The molecule has 1 N–H and O–H groups in total. The minimum atomic E-state index is -0.883. The molecule has 0 unspecified atom stereocenters. The van der Waals surface area contributed by atoms with Crippen molar-refractivity contribution >= 4 is 28.7 Å². The van der Waals surface area contributed by atoms with E-state index in [0.29, 0.717) is 16.5 Å². The van der Waals surface area contributed by atoms with Crippen molar-refractivity contribution in [1.82, 2.24) is 4.57 Å². The first-order chi connectivity index (χ1) is 13.5. The van der Waals surface area contributed by atoms with Crippen LogP contribution in [0.15, 0.2) is 65.0 Å². The number of rotatable bonds is 5. The van der Waals surface area contributed by atoms with Gasteiger partial charge in [0, 0.05) is 12.4 Å².